The molecule has 2 aliphatic heterocycles. The molecule has 0 unspecified atom stereocenters. The molecule has 2 fully saturated rings. The maximum atomic E-state index is 12.3. The van der Waals surface area contributed by atoms with Crippen LogP contribution in [0.1, 0.15) is 40.5 Å². The van der Waals surface area contributed by atoms with Crippen LogP contribution in [-0.4, -0.2) is 72.5 Å². The van der Waals surface area contributed by atoms with E-state index in [2.05, 4.69) is 42.4 Å². The smallest absolute Gasteiger partial charge is 0.223 e. The molecule has 1 atom stereocenters. The Hall–Kier alpha value is -0.610. The molecule has 21 heavy (non-hydrogen) atoms. The second kappa shape index (κ2) is 7.59. The van der Waals surface area contributed by atoms with Crippen LogP contribution in [0.4, 0.5) is 0 Å². The van der Waals surface area contributed by atoms with Crippen LogP contribution in [0, 0.1) is 11.8 Å². The van der Waals surface area contributed by atoms with E-state index in [9.17, 15) is 4.79 Å². The number of hydrogen-bond donors (Lipinski definition) is 0. The van der Waals surface area contributed by atoms with Gasteiger partial charge in [-0.2, -0.15) is 0 Å². The largest absolute Gasteiger partial charge is 0.340 e. The number of rotatable bonds is 5. The molecule has 122 valence electrons. The van der Waals surface area contributed by atoms with Crippen molar-refractivity contribution in [3.8, 4) is 0 Å². The van der Waals surface area contributed by atoms with E-state index in [1.807, 2.05) is 0 Å². The molecular formula is C17H33N3O. The zero-order valence-electron chi connectivity index (χ0n) is 14.3. The molecule has 0 radical (unpaired) electrons. The summed E-state index contributed by atoms with van der Waals surface area (Å²) in [4.78, 5) is 19.3. The molecule has 0 bridgehead atoms. The fourth-order valence-corrected chi connectivity index (χ4v) is 3.51. The lowest BCUT2D eigenvalue weighted by atomic mass is 9.95. The van der Waals surface area contributed by atoms with Gasteiger partial charge in [0.25, 0.3) is 0 Å². The van der Waals surface area contributed by atoms with Crippen LogP contribution in [0.25, 0.3) is 0 Å². The topological polar surface area (TPSA) is 26.8 Å². The molecule has 2 rings (SSSR count). The highest BCUT2D eigenvalue weighted by atomic mass is 16.2. The van der Waals surface area contributed by atoms with Gasteiger partial charge < -0.3 is 9.80 Å². The van der Waals surface area contributed by atoms with Crippen molar-refractivity contribution in [3.05, 3.63) is 0 Å². The number of carbonyl (C=O) groups is 1. The zero-order valence-corrected chi connectivity index (χ0v) is 14.3. The van der Waals surface area contributed by atoms with Crippen molar-refractivity contribution in [1.82, 2.24) is 14.7 Å². The highest BCUT2D eigenvalue weighted by Gasteiger charge is 2.26. The SMILES string of the molecule is CC(C)[C@@H]1CCN(CCC(=O)N2CCN(C(C)C)CC2)C1. The third-order valence-electron chi connectivity index (χ3n) is 5.29. The van der Waals surface area contributed by atoms with Crippen molar-refractivity contribution >= 4 is 5.91 Å². The molecular weight excluding hydrogens is 262 g/mol. The standard InChI is InChI=1S/C17H33N3O/c1-14(2)16-5-7-18(13-16)8-6-17(21)20-11-9-19(10-12-20)15(3)4/h14-16H,5-13H2,1-4H3/t16-/m1/s1. The first-order chi connectivity index (χ1) is 9.97. The minimum absolute atomic E-state index is 0.353. The number of piperazine rings is 1. The van der Waals surface area contributed by atoms with E-state index in [-0.39, 0.29) is 0 Å². The molecule has 2 aliphatic rings. The summed E-state index contributed by atoms with van der Waals surface area (Å²) in [6.07, 6.45) is 2.01. The summed E-state index contributed by atoms with van der Waals surface area (Å²) in [6, 6.07) is 0.597. The maximum Gasteiger partial charge on any atom is 0.223 e. The summed E-state index contributed by atoms with van der Waals surface area (Å²) in [5.41, 5.74) is 0. The van der Waals surface area contributed by atoms with E-state index in [0.717, 1.165) is 44.6 Å². The lowest BCUT2D eigenvalue weighted by molar-refractivity contribution is -0.133. The Labute approximate surface area is 130 Å². The molecule has 0 saturated carbocycles. The first-order valence-corrected chi connectivity index (χ1v) is 8.71. The lowest BCUT2D eigenvalue weighted by Gasteiger charge is -2.37. The summed E-state index contributed by atoms with van der Waals surface area (Å²) >= 11 is 0. The van der Waals surface area contributed by atoms with Crippen LogP contribution < -0.4 is 0 Å². The molecule has 2 saturated heterocycles. The van der Waals surface area contributed by atoms with Gasteiger partial charge in [0.15, 0.2) is 0 Å². The number of amides is 1. The molecule has 0 aromatic carbocycles. The highest BCUT2D eigenvalue weighted by molar-refractivity contribution is 5.76. The van der Waals surface area contributed by atoms with Crippen LogP contribution in [0.15, 0.2) is 0 Å². The van der Waals surface area contributed by atoms with Gasteiger partial charge in [0.05, 0.1) is 0 Å². The highest BCUT2D eigenvalue weighted by Crippen LogP contribution is 2.23. The second-order valence-corrected chi connectivity index (χ2v) is 7.35. The summed E-state index contributed by atoms with van der Waals surface area (Å²) in [5.74, 6) is 1.95. The van der Waals surface area contributed by atoms with Gasteiger partial charge in [-0.3, -0.25) is 9.69 Å². The quantitative estimate of drug-likeness (QED) is 0.775. The summed E-state index contributed by atoms with van der Waals surface area (Å²) in [7, 11) is 0. The fraction of sp³-hybridized carbons (Fsp3) is 0.941. The van der Waals surface area contributed by atoms with Gasteiger partial charge in [-0.1, -0.05) is 13.8 Å². The maximum absolute atomic E-state index is 12.3. The molecule has 4 heteroatoms. The number of carbonyl (C=O) groups excluding carboxylic acids is 1. The van der Waals surface area contributed by atoms with E-state index < -0.39 is 0 Å². The van der Waals surface area contributed by atoms with Crippen molar-refractivity contribution in [3.63, 3.8) is 0 Å². The van der Waals surface area contributed by atoms with Gasteiger partial charge in [-0.15, -0.1) is 0 Å². The normalized spacial score (nSPS) is 25.2. The number of nitrogens with zero attached hydrogens (tertiary/aromatic N) is 3. The zero-order chi connectivity index (χ0) is 15.4. The monoisotopic (exact) mass is 295 g/mol. The summed E-state index contributed by atoms with van der Waals surface area (Å²) < 4.78 is 0. The minimum atomic E-state index is 0.353. The first kappa shape index (κ1) is 16.8. The molecule has 0 aromatic heterocycles. The van der Waals surface area contributed by atoms with Crippen LogP contribution in [0.5, 0.6) is 0 Å². The van der Waals surface area contributed by atoms with E-state index in [4.69, 9.17) is 0 Å². The molecule has 0 aliphatic carbocycles. The Balaban J connectivity index is 1.67. The minimum Gasteiger partial charge on any atom is -0.340 e. The van der Waals surface area contributed by atoms with Gasteiger partial charge in [-0.25, -0.2) is 0 Å². The summed E-state index contributed by atoms with van der Waals surface area (Å²) in [6.45, 7) is 16.3. The van der Waals surface area contributed by atoms with Crippen LogP contribution in [0.3, 0.4) is 0 Å². The van der Waals surface area contributed by atoms with Crippen LogP contribution in [-0.2, 0) is 4.79 Å². The van der Waals surface area contributed by atoms with Gasteiger partial charge in [-0.05, 0) is 38.6 Å². The summed E-state index contributed by atoms with van der Waals surface area (Å²) in [5, 5.41) is 0. The average Bonchev–Trinajstić information content (AvgIpc) is 2.94. The van der Waals surface area contributed by atoms with Gasteiger partial charge in [0, 0.05) is 51.7 Å². The van der Waals surface area contributed by atoms with Gasteiger partial charge >= 0.3 is 0 Å². The van der Waals surface area contributed by atoms with Crippen LogP contribution in [0.2, 0.25) is 0 Å². The molecule has 2 heterocycles. The molecule has 0 N–H and O–H groups in total. The predicted octanol–water partition coefficient (Wildman–Crippen LogP) is 1.91. The van der Waals surface area contributed by atoms with Crippen LogP contribution >= 0.6 is 0 Å². The Kier molecular flexibility index (Phi) is 6.06. The Morgan fingerprint density at radius 2 is 1.71 bits per heavy atom. The molecule has 1 amide bonds. The lowest BCUT2D eigenvalue weighted by Crippen LogP contribution is -2.51. The van der Waals surface area contributed by atoms with Crippen molar-refractivity contribution in [1.29, 1.82) is 0 Å². The Bertz CT molecular complexity index is 335. The van der Waals surface area contributed by atoms with Crippen molar-refractivity contribution in [2.24, 2.45) is 11.8 Å². The fourth-order valence-electron chi connectivity index (χ4n) is 3.51. The van der Waals surface area contributed by atoms with E-state index in [0.29, 0.717) is 18.4 Å². The predicted molar refractivity (Wildman–Crippen MR) is 87.3 cm³/mol. The van der Waals surface area contributed by atoms with E-state index in [1.54, 1.807) is 0 Å². The van der Waals surface area contributed by atoms with Crippen molar-refractivity contribution in [2.75, 3.05) is 45.8 Å². The Morgan fingerprint density at radius 1 is 1.05 bits per heavy atom. The van der Waals surface area contributed by atoms with E-state index >= 15 is 0 Å². The van der Waals surface area contributed by atoms with E-state index in [1.165, 1.54) is 19.5 Å². The molecule has 4 nitrogen and oxygen atoms in total. The van der Waals surface area contributed by atoms with Crippen molar-refractivity contribution < 1.29 is 4.79 Å². The third-order valence-corrected chi connectivity index (χ3v) is 5.29. The van der Waals surface area contributed by atoms with Gasteiger partial charge in [0.1, 0.15) is 0 Å². The van der Waals surface area contributed by atoms with Gasteiger partial charge in [0.2, 0.25) is 5.91 Å². The first-order valence-electron chi connectivity index (χ1n) is 8.71. The third kappa shape index (κ3) is 4.68. The average molecular weight is 295 g/mol. The number of likely N-dealkylation sites (tertiary alicyclic amines) is 1. The molecule has 0 spiro atoms. The van der Waals surface area contributed by atoms with Crippen molar-refractivity contribution in [2.45, 2.75) is 46.6 Å². The second-order valence-electron chi connectivity index (χ2n) is 7.35. The number of hydrogen-bond acceptors (Lipinski definition) is 3. The molecule has 0 aromatic rings. The Morgan fingerprint density at radius 3 is 2.24 bits per heavy atom.